The molecule has 0 unspecified atom stereocenters. The molecule has 0 saturated carbocycles. The number of amides is 1. The normalized spacial score (nSPS) is 9.96. The number of nitrogens with zero attached hydrogens (tertiary/aromatic N) is 2. The lowest BCUT2D eigenvalue weighted by Crippen LogP contribution is -2.23. The number of carbonyl (C=O) groups is 2. The van der Waals surface area contributed by atoms with Crippen molar-refractivity contribution in [1.82, 2.24) is 4.90 Å². The van der Waals surface area contributed by atoms with E-state index in [4.69, 9.17) is 10.00 Å². The lowest BCUT2D eigenvalue weighted by Gasteiger charge is -2.12. The van der Waals surface area contributed by atoms with Crippen LogP contribution in [0.25, 0.3) is 0 Å². The van der Waals surface area contributed by atoms with E-state index in [9.17, 15) is 9.59 Å². The highest BCUT2D eigenvalue weighted by molar-refractivity contribution is 8.00. The highest BCUT2D eigenvalue weighted by Crippen LogP contribution is 2.24. The summed E-state index contributed by atoms with van der Waals surface area (Å²) in [6.45, 7) is 0.125. The average Bonchev–Trinajstić information content (AvgIpc) is 2.64. The first kappa shape index (κ1) is 18.6. The summed E-state index contributed by atoms with van der Waals surface area (Å²) in [6, 6.07) is 16.0. The van der Waals surface area contributed by atoms with E-state index in [2.05, 4.69) is 0 Å². The van der Waals surface area contributed by atoms with Gasteiger partial charge in [0.25, 0.3) is 0 Å². The van der Waals surface area contributed by atoms with Crippen molar-refractivity contribution in [3.8, 4) is 6.07 Å². The van der Waals surface area contributed by atoms with E-state index in [1.54, 1.807) is 56.6 Å². The monoisotopic (exact) mass is 354 g/mol. The number of ether oxygens (including phenoxy) is 1. The van der Waals surface area contributed by atoms with Gasteiger partial charge in [-0.05, 0) is 29.8 Å². The van der Waals surface area contributed by atoms with E-state index in [0.717, 1.165) is 5.56 Å². The van der Waals surface area contributed by atoms with Crippen molar-refractivity contribution in [2.45, 2.75) is 11.5 Å². The first-order valence-electron chi connectivity index (χ1n) is 7.59. The molecular weight excluding hydrogens is 336 g/mol. The average molecular weight is 354 g/mol. The molecule has 0 aromatic heterocycles. The Bertz CT molecular complexity index is 795. The molecule has 0 aliphatic heterocycles. The van der Waals surface area contributed by atoms with Gasteiger partial charge in [0.15, 0.2) is 0 Å². The first-order valence-corrected chi connectivity index (χ1v) is 8.58. The summed E-state index contributed by atoms with van der Waals surface area (Å²) in [5, 5.41) is 8.78. The smallest absolute Gasteiger partial charge is 0.339 e. The molecule has 6 heteroatoms. The maximum absolute atomic E-state index is 12.4. The molecule has 0 spiro atoms. The summed E-state index contributed by atoms with van der Waals surface area (Å²) < 4.78 is 5.35. The van der Waals surface area contributed by atoms with Gasteiger partial charge in [-0.25, -0.2) is 4.79 Å². The van der Waals surface area contributed by atoms with Gasteiger partial charge < -0.3 is 9.64 Å². The van der Waals surface area contributed by atoms with Crippen LogP contribution in [0, 0.1) is 11.3 Å². The van der Waals surface area contributed by atoms with Gasteiger partial charge in [0, 0.05) is 19.0 Å². The topological polar surface area (TPSA) is 70.4 Å². The number of hydrogen-bond donors (Lipinski definition) is 0. The number of benzene rings is 2. The van der Waals surface area contributed by atoms with Gasteiger partial charge in [0.2, 0.25) is 5.91 Å². The Labute approximate surface area is 151 Å². The molecule has 1 amide bonds. The molecule has 128 valence electrons. The van der Waals surface area contributed by atoms with E-state index < -0.39 is 5.97 Å². The van der Waals surface area contributed by atoms with E-state index in [1.165, 1.54) is 16.7 Å². The molecule has 0 radical (unpaired) electrons. The van der Waals surface area contributed by atoms with Gasteiger partial charge in [-0.15, -0.1) is 11.8 Å². The fraction of sp³-hybridized carbons (Fsp3) is 0.211. The molecule has 0 heterocycles. The third-order valence-corrected chi connectivity index (χ3v) is 4.47. The number of rotatable bonds is 6. The molecule has 0 fully saturated rings. The molecule has 2 aromatic rings. The lowest BCUT2D eigenvalue weighted by atomic mass is 10.1. The molecule has 0 aliphatic carbocycles. The van der Waals surface area contributed by atoms with Crippen LogP contribution in [0.15, 0.2) is 53.4 Å². The minimum Gasteiger partial charge on any atom is -0.457 e. The summed E-state index contributed by atoms with van der Waals surface area (Å²) in [5.41, 5.74) is 1.80. The van der Waals surface area contributed by atoms with Crippen LogP contribution in [0.5, 0.6) is 0 Å². The summed E-state index contributed by atoms with van der Waals surface area (Å²) in [4.78, 5) is 26.3. The van der Waals surface area contributed by atoms with Crippen molar-refractivity contribution in [2.75, 3.05) is 19.8 Å². The maximum Gasteiger partial charge on any atom is 0.339 e. The van der Waals surface area contributed by atoms with Gasteiger partial charge in [0.1, 0.15) is 6.61 Å². The molecule has 2 rings (SSSR count). The van der Waals surface area contributed by atoms with Crippen LogP contribution in [0.3, 0.4) is 0 Å². The fourth-order valence-corrected chi connectivity index (χ4v) is 2.95. The van der Waals surface area contributed by atoms with E-state index in [-0.39, 0.29) is 18.3 Å². The van der Waals surface area contributed by atoms with Crippen molar-refractivity contribution in [3.63, 3.8) is 0 Å². The number of esters is 1. The molecule has 0 aliphatic rings. The van der Waals surface area contributed by atoms with Gasteiger partial charge >= 0.3 is 5.97 Å². The van der Waals surface area contributed by atoms with Crippen LogP contribution in [-0.4, -0.2) is 36.6 Å². The van der Waals surface area contributed by atoms with Gasteiger partial charge in [-0.3, -0.25) is 4.79 Å². The molecule has 25 heavy (non-hydrogen) atoms. The second-order valence-electron chi connectivity index (χ2n) is 5.46. The zero-order valence-electron chi connectivity index (χ0n) is 14.1. The molecule has 5 nitrogen and oxygen atoms in total. The SMILES string of the molecule is CN(C)C(=O)CSc1ccccc1C(=O)OCc1ccc(C#N)cc1. The highest BCUT2D eigenvalue weighted by atomic mass is 32.2. The Hall–Kier alpha value is -2.78. The minimum absolute atomic E-state index is 0.0225. The molecule has 2 aromatic carbocycles. The minimum atomic E-state index is -0.440. The predicted octanol–water partition coefficient (Wildman–Crippen LogP) is 3.10. The number of thioether (sulfide) groups is 1. The van der Waals surface area contributed by atoms with E-state index >= 15 is 0 Å². The second-order valence-corrected chi connectivity index (χ2v) is 6.48. The van der Waals surface area contributed by atoms with Gasteiger partial charge in [-0.1, -0.05) is 24.3 Å². The fourth-order valence-electron chi connectivity index (χ4n) is 1.93. The van der Waals surface area contributed by atoms with Crippen LogP contribution in [0.4, 0.5) is 0 Å². The summed E-state index contributed by atoms with van der Waals surface area (Å²) >= 11 is 1.31. The highest BCUT2D eigenvalue weighted by Gasteiger charge is 2.14. The van der Waals surface area contributed by atoms with Crippen LogP contribution in [0.1, 0.15) is 21.5 Å². The lowest BCUT2D eigenvalue weighted by molar-refractivity contribution is -0.125. The zero-order valence-corrected chi connectivity index (χ0v) is 14.9. The molecule has 0 atom stereocenters. The Morgan fingerprint density at radius 2 is 1.80 bits per heavy atom. The third-order valence-electron chi connectivity index (χ3n) is 3.41. The van der Waals surface area contributed by atoms with Crippen LogP contribution >= 0.6 is 11.8 Å². The quantitative estimate of drug-likeness (QED) is 0.589. The molecule has 0 N–H and O–H groups in total. The number of carbonyl (C=O) groups excluding carboxylic acids is 2. The Morgan fingerprint density at radius 3 is 2.44 bits per heavy atom. The van der Waals surface area contributed by atoms with Gasteiger partial charge in [-0.2, -0.15) is 5.26 Å². The summed E-state index contributed by atoms with van der Waals surface area (Å²) in [5.74, 6) is -0.206. The second kappa shape index (κ2) is 8.90. The standard InChI is InChI=1S/C19H18N2O3S/c1-21(2)18(22)13-25-17-6-4-3-5-16(17)19(23)24-12-15-9-7-14(11-20)8-10-15/h3-10H,12-13H2,1-2H3. The summed E-state index contributed by atoms with van der Waals surface area (Å²) in [7, 11) is 3.39. The molecule has 0 bridgehead atoms. The maximum atomic E-state index is 12.4. The number of hydrogen-bond acceptors (Lipinski definition) is 5. The van der Waals surface area contributed by atoms with Crippen molar-refractivity contribution in [1.29, 1.82) is 5.26 Å². The largest absolute Gasteiger partial charge is 0.457 e. The van der Waals surface area contributed by atoms with Crippen LogP contribution in [-0.2, 0) is 16.1 Å². The Balaban J connectivity index is 2.01. The predicted molar refractivity (Wildman–Crippen MR) is 96.1 cm³/mol. The third kappa shape index (κ3) is 5.37. The zero-order chi connectivity index (χ0) is 18.2. The molecule has 0 saturated heterocycles. The summed E-state index contributed by atoms with van der Waals surface area (Å²) in [6.07, 6.45) is 0. The number of nitriles is 1. The van der Waals surface area contributed by atoms with Crippen molar-refractivity contribution >= 4 is 23.6 Å². The molecular formula is C19H18N2O3S. The van der Waals surface area contributed by atoms with Crippen molar-refractivity contribution in [2.24, 2.45) is 0 Å². The van der Waals surface area contributed by atoms with Crippen LogP contribution < -0.4 is 0 Å². The Kier molecular flexibility index (Phi) is 6.61. The van der Waals surface area contributed by atoms with Crippen molar-refractivity contribution in [3.05, 3.63) is 65.2 Å². The van der Waals surface area contributed by atoms with Crippen molar-refractivity contribution < 1.29 is 14.3 Å². The van der Waals surface area contributed by atoms with E-state index in [0.29, 0.717) is 16.0 Å². The first-order chi connectivity index (χ1) is 12.0. The van der Waals surface area contributed by atoms with Gasteiger partial charge in [0.05, 0.1) is 22.9 Å². The van der Waals surface area contributed by atoms with E-state index in [1.807, 2.05) is 12.1 Å². The Morgan fingerprint density at radius 1 is 1.12 bits per heavy atom. The van der Waals surface area contributed by atoms with Crippen LogP contribution in [0.2, 0.25) is 0 Å².